The molecule has 1 fully saturated rings. The zero-order chi connectivity index (χ0) is 28.4. The van der Waals surface area contributed by atoms with E-state index < -0.39 is 0 Å². The van der Waals surface area contributed by atoms with E-state index in [1.54, 1.807) is 12.1 Å². The van der Waals surface area contributed by atoms with E-state index in [4.69, 9.17) is 4.74 Å². The average Bonchev–Trinajstić information content (AvgIpc) is 2.98. The molecule has 1 aliphatic rings. The molecule has 1 unspecified atom stereocenters. The van der Waals surface area contributed by atoms with Crippen LogP contribution in [0.2, 0.25) is 0 Å². The Kier molecular flexibility index (Phi) is 10.5. The van der Waals surface area contributed by atoms with Crippen LogP contribution in [-0.4, -0.2) is 49.1 Å². The van der Waals surface area contributed by atoms with Gasteiger partial charge in [0.15, 0.2) is 0 Å². The highest BCUT2D eigenvalue weighted by atomic mass is 19.1. The fourth-order valence-corrected chi connectivity index (χ4v) is 5.91. The Labute approximate surface area is 237 Å². The maximum Gasteiger partial charge on any atom is 0.306 e. The van der Waals surface area contributed by atoms with E-state index in [1.807, 2.05) is 49.4 Å². The number of benzene rings is 3. The zero-order valence-corrected chi connectivity index (χ0v) is 23.7. The number of nitrogens with zero attached hydrogens (tertiary/aromatic N) is 1. The van der Waals surface area contributed by atoms with Gasteiger partial charge in [0.05, 0.1) is 13.0 Å². The Morgan fingerprint density at radius 3 is 2.40 bits per heavy atom. The normalized spacial score (nSPS) is 15.8. The van der Waals surface area contributed by atoms with Crippen molar-refractivity contribution in [2.45, 2.75) is 63.8 Å². The lowest BCUT2D eigenvalue weighted by molar-refractivity contribution is -0.144. The van der Waals surface area contributed by atoms with Gasteiger partial charge in [0.2, 0.25) is 0 Å². The van der Waals surface area contributed by atoms with Crippen LogP contribution < -0.4 is 5.32 Å². The smallest absolute Gasteiger partial charge is 0.306 e. The molecule has 3 aromatic carbocycles. The lowest BCUT2D eigenvalue weighted by Crippen LogP contribution is -2.45. The molecule has 5 nitrogen and oxygen atoms in total. The third-order valence-electron chi connectivity index (χ3n) is 8.21. The van der Waals surface area contributed by atoms with Crippen molar-refractivity contribution in [1.82, 2.24) is 10.2 Å². The van der Waals surface area contributed by atoms with Gasteiger partial charge in [-0.1, -0.05) is 67.6 Å². The number of halogens is 1. The van der Waals surface area contributed by atoms with E-state index >= 15 is 0 Å². The summed E-state index contributed by atoms with van der Waals surface area (Å²) >= 11 is 0. The van der Waals surface area contributed by atoms with Crippen LogP contribution in [-0.2, 0) is 14.9 Å². The highest BCUT2D eigenvalue weighted by molar-refractivity contribution is 6.01. The van der Waals surface area contributed by atoms with Crippen molar-refractivity contribution in [3.8, 4) is 11.1 Å². The number of carbonyl (C=O) groups excluding carboxylic acids is 2. The van der Waals surface area contributed by atoms with Crippen molar-refractivity contribution in [1.29, 1.82) is 0 Å². The Bertz CT molecular complexity index is 1260. The number of nitrogens with one attached hydrogen (secondary N) is 1. The number of amides is 1. The average molecular weight is 545 g/mol. The Balaban J connectivity index is 1.31. The second kappa shape index (κ2) is 14.2. The molecular weight excluding hydrogens is 503 g/mol. The third kappa shape index (κ3) is 7.57. The molecule has 3 aromatic rings. The first-order valence-electron chi connectivity index (χ1n) is 14.5. The SMILES string of the molecule is CCOC(=O)CC(CC)(CCCN1CCC(NC(=O)c2ccccc2-c2cccc(F)c2)CC1)c1ccccc1. The maximum absolute atomic E-state index is 13.8. The van der Waals surface area contributed by atoms with Gasteiger partial charge in [-0.3, -0.25) is 9.59 Å². The van der Waals surface area contributed by atoms with Crippen LogP contribution in [0.25, 0.3) is 11.1 Å². The van der Waals surface area contributed by atoms with Crippen molar-refractivity contribution in [3.05, 3.63) is 95.8 Å². The summed E-state index contributed by atoms with van der Waals surface area (Å²) in [7, 11) is 0. The maximum atomic E-state index is 13.8. The number of esters is 1. The van der Waals surface area contributed by atoms with E-state index in [-0.39, 0.29) is 29.2 Å². The van der Waals surface area contributed by atoms with Gasteiger partial charge in [-0.15, -0.1) is 0 Å². The lowest BCUT2D eigenvalue weighted by Gasteiger charge is -2.35. The molecule has 0 spiro atoms. The molecule has 1 N–H and O–H groups in total. The molecule has 0 aliphatic carbocycles. The standard InChI is InChI=1S/C34H41FN2O3/c1-3-34(25-32(38)40-4-2,27-13-6-5-7-14-27)20-11-21-37-22-18-29(19-23-37)36-33(39)31-17-9-8-16-30(31)26-12-10-15-28(35)24-26/h5-10,12-17,24,29H,3-4,11,18-23,25H2,1-2H3,(H,36,39). The van der Waals surface area contributed by atoms with Gasteiger partial charge >= 0.3 is 5.97 Å². The lowest BCUT2D eigenvalue weighted by atomic mass is 9.72. The molecule has 1 atom stereocenters. The third-order valence-corrected chi connectivity index (χ3v) is 8.21. The van der Waals surface area contributed by atoms with Crippen molar-refractivity contribution >= 4 is 11.9 Å². The molecule has 40 heavy (non-hydrogen) atoms. The summed E-state index contributed by atoms with van der Waals surface area (Å²) in [5.41, 5.74) is 2.97. The van der Waals surface area contributed by atoms with Gasteiger partial charge in [-0.25, -0.2) is 4.39 Å². The van der Waals surface area contributed by atoms with Gasteiger partial charge in [-0.05, 0) is 80.5 Å². The number of likely N-dealkylation sites (tertiary alicyclic amines) is 1. The number of hydrogen-bond acceptors (Lipinski definition) is 4. The minimum absolute atomic E-state index is 0.104. The van der Waals surface area contributed by atoms with Crippen molar-refractivity contribution in [2.75, 3.05) is 26.2 Å². The van der Waals surface area contributed by atoms with Crippen LogP contribution in [0.1, 0.15) is 68.3 Å². The van der Waals surface area contributed by atoms with Crippen LogP contribution in [0.4, 0.5) is 4.39 Å². The van der Waals surface area contributed by atoms with Crippen molar-refractivity contribution in [3.63, 3.8) is 0 Å². The van der Waals surface area contributed by atoms with Crippen molar-refractivity contribution in [2.24, 2.45) is 0 Å². The zero-order valence-electron chi connectivity index (χ0n) is 23.7. The van der Waals surface area contributed by atoms with Crippen LogP contribution in [0.5, 0.6) is 0 Å². The topological polar surface area (TPSA) is 58.6 Å². The Hall–Kier alpha value is -3.51. The summed E-state index contributed by atoms with van der Waals surface area (Å²) in [5.74, 6) is -0.572. The molecule has 0 aromatic heterocycles. The molecule has 0 radical (unpaired) electrons. The molecule has 1 amide bonds. The monoisotopic (exact) mass is 544 g/mol. The molecule has 212 valence electrons. The van der Waals surface area contributed by atoms with E-state index in [0.29, 0.717) is 24.2 Å². The summed E-state index contributed by atoms with van der Waals surface area (Å²) in [6.07, 6.45) is 4.94. The number of rotatable bonds is 12. The van der Waals surface area contributed by atoms with Gasteiger partial charge in [-0.2, -0.15) is 0 Å². The number of ether oxygens (including phenoxy) is 1. The first-order chi connectivity index (χ1) is 19.4. The molecule has 1 saturated heterocycles. The fraction of sp³-hybridized carbons (Fsp3) is 0.412. The van der Waals surface area contributed by atoms with Crippen molar-refractivity contribution < 1.29 is 18.7 Å². The highest BCUT2D eigenvalue weighted by Crippen LogP contribution is 2.37. The van der Waals surface area contributed by atoms with Gasteiger partial charge in [0.1, 0.15) is 5.82 Å². The predicted octanol–water partition coefficient (Wildman–Crippen LogP) is 6.77. The quantitative estimate of drug-likeness (QED) is 0.256. The van der Waals surface area contributed by atoms with Crippen LogP contribution in [0, 0.1) is 5.82 Å². The Morgan fingerprint density at radius 2 is 1.70 bits per heavy atom. The number of carbonyl (C=O) groups is 2. The molecule has 0 saturated carbocycles. The summed E-state index contributed by atoms with van der Waals surface area (Å²) in [5, 5.41) is 3.21. The number of piperidine rings is 1. The predicted molar refractivity (Wildman–Crippen MR) is 158 cm³/mol. The van der Waals surface area contributed by atoms with Crippen LogP contribution in [0.3, 0.4) is 0 Å². The molecule has 1 heterocycles. The minimum Gasteiger partial charge on any atom is -0.466 e. The highest BCUT2D eigenvalue weighted by Gasteiger charge is 2.33. The van der Waals surface area contributed by atoms with Gasteiger partial charge in [0, 0.05) is 30.1 Å². The molecule has 6 heteroatoms. The largest absolute Gasteiger partial charge is 0.466 e. The second-order valence-corrected chi connectivity index (χ2v) is 10.7. The first-order valence-corrected chi connectivity index (χ1v) is 14.5. The van der Waals surface area contributed by atoms with Gasteiger partial charge in [0.25, 0.3) is 5.91 Å². The Morgan fingerprint density at radius 1 is 0.975 bits per heavy atom. The van der Waals surface area contributed by atoms with Crippen LogP contribution in [0.15, 0.2) is 78.9 Å². The van der Waals surface area contributed by atoms with Gasteiger partial charge < -0.3 is 15.0 Å². The number of hydrogen-bond donors (Lipinski definition) is 1. The summed E-state index contributed by atoms with van der Waals surface area (Å²) in [6.45, 7) is 7.20. The molecular formula is C34H41FN2O3. The fourth-order valence-electron chi connectivity index (χ4n) is 5.91. The van der Waals surface area contributed by atoms with E-state index in [0.717, 1.165) is 57.3 Å². The second-order valence-electron chi connectivity index (χ2n) is 10.7. The molecule has 4 rings (SSSR count). The summed E-state index contributed by atoms with van der Waals surface area (Å²) in [4.78, 5) is 28.2. The summed E-state index contributed by atoms with van der Waals surface area (Å²) in [6, 6.07) is 24.2. The molecule has 0 bridgehead atoms. The molecule has 1 aliphatic heterocycles. The van der Waals surface area contributed by atoms with Crippen LogP contribution >= 0.6 is 0 Å². The van der Waals surface area contributed by atoms with E-state index in [2.05, 4.69) is 29.3 Å². The van der Waals surface area contributed by atoms with E-state index in [9.17, 15) is 14.0 Å². The van der Waals surface area contributed by atoms with E-state index in [1.165, 1.54) is 17.7 Å². The summed E-state index contributed by atoms with van der Waals surface area (Å²) < 4.78 is 19.1. The first kappa shape index (κ1) is 29.5. The minimum atomic E-state index is -0.319.